The van der Waals surface area contributed by atoms with Crippen LogP contribution in [0.1, 0.15) is 53.9 Å². The van der Waals surface area contributed by atoms with Crippen molar-refractivity contribution in [2.45, 2.75) is 71.5 Å². The molecule has 0 spiro atoms. The SMILES string of the molecule is CCSCCC(C)N1C(=O)C(C)(CC)NC(=O)C1CC. The van der Waals surface area contributed by atoms with Crippen LogP contribution in [0, 0.1) is 0 Å². The van der Waals surface area contributed by atoms with E-state index in [1.807, 2.05) is 37.4 Å². The largest absolute Gasteiger partial charge is 0.340 e. The maximum atomic E-state index is 12.8. The van der Waals surface area contributed by atoms with Gasteiger partial charge in [-0.1, -0.05) is 20.8 Å². The van der Waals surface area contributed by atoms with Gasteiger partial charge in [0, 0.05) is 6.04 Å². The normalized spacial score (nSPS) is 28.4. The predicted molar refractivity (Wildman–Crippen MR) is 84.8 cm³/mol. The third kappa shape index (κ3) is 3.48. The van der Waals surface area contributed by atoms with Crippen LogP contribution in [0.15, 0.2) is 0 Å². The van der Waals surface area contributed by atoms with Crippen molar-refractivity contribution in [1.29, 1.82) is 0 Å². The first kappa shape index (κ1) is 17.3. The van der Waals surface area contributed by atoms with Crippen molar-refractivity contribution >= 4 is 23.6 Å². The van der Waals surface area contributed by atoms with Crippen LogP contribution in [0.2, 0.25) is 0 Å². The second-order valence-corrected chi connectivity index (χ2v) is 7.04. The van der Waals surface area contributed by atoms with Crippen molar-refractivity contribution < 1.29 is 9.59 Å². The summed E-state index contributed by atoms with van der Waals surface area (Å²) in [6.07, 6.45) is 2.23. The Morgan fingerprint density at radius 1 is 1.35 bits per heavy atom. The van der Waals surface area contributed by atoms with E-state index in [0.29, 0.717) is 12.8 Å². The molecule has 0 bridgehead atoms. The molecular formula is C15H28N2O2S. The van der Waals surface area contributed by atoms with Crippen molar-refractivity contribution in [2.24, 2.45) is 0 Å². The molecule has 116 valence electrons. The molecule has 1 N–H and O–H groups in total. The molecule has 0 saturated carbocycles. The first-order valence-corrected chi connectivity index (χ1v) is 8.79. The summed E-state index contributed by atoms with van der Waals surface area (Å²) in [6, 6.07) is -0.202. The Morgan fingerprint density at radius 2 is 2.00 bits per heavy atom. The van der Waals surface area contributed by atoms with Crippen LogP contribution in [-0.4, -0.2) is 45.8 Å². The molecule has 0 aromatic rings. The summed E-state index contributed by atoms with van der Waals surface area (Å²) in [5, 5.41) is 2.91. The standard InChI is InChI=1S/C15H28N2O2S/c1-6-12-13(18)16-15(5,7-2)14(19)17(12)11(4)9-10-20-8-3/h11-12H,6-10H2,1-5H3,(H,16,18). The number of rotatable bonds is 7. The van der Waals surface area contributed by atoms with E-state index >= 15 is 0 Å². The lowest BCUT2D eigenvalue weighted by Crippen LogP contribution is -2.70. The minimum Gasteiger partial charge on any atom is -0.340 e. The van der Waals surface area contributed by atoms with E-state index in [1.54, 1.807) is 0 Å². The zero-order valence-electron chi connectivity index (χ0n) is 13.4. The molecule has 5 heteroatoms. The first-order chi connectivity index (χ1) is 9.41. The number of nitrogens with one attached hydrogen (secondary N) is 1. The summed E-state index contributed by atoms with van der Waals surface area (Å²) in [4.78, 5) is 26.9. The predicted octanol–water partition coefficient (Wildman–Crippen LogP) is 2.42. The van der Waals surface area contributed by atoms with Gasteiger partial charge in [-0.25, -0.2) is 0 Å². The zero-order chi connectivity index (χ0) is 15.3. The number of nitrogens with zero attached hydrogens (tertiary/aromatic N) is 1. The monoisotopic (exact) mass is 300 g/mol. The third-order valence-electron chi connectivity index (χ3n) is 4.20. The Bertz CT molecular complexity index is 362. The van der Waals surface area contributed by atoms with Gasteiger partial charge in [0.2, 0.25) is 11.8 Å². The second-order valence-electron chi connectivity index (χ2n) is 5.65. The highest BCUT2D eigenvalue weighted by atomic mass is 32.2. The highest BCUT2D eigenvalue weighted by molar-refractivity contribution is 7.99. The molecule has 1 rings (SSSR count). The van der Waals surface area contributed by atoms with Crippen LogP contribution >= 0.6 is 11.8 Å². The van der Waals surface area contributed by atoms with Crippen LogP contribution in [0.25, 0.3) is 0 Å². The van der Waals surface area contributed by atoms with Gasteiger partial charge in [-0.05, 0) is 44.6 Å². The van der Waals surface area contributed by atoms with Crippen molar-refractivity contribution in [2.75, 3.05) is 11.5 Å². The molecule has 1 aliphatic rings. The number of amides is 2. The van der Waals surface area contributed by atoms with Gasteiger partial charge in [0.15, 0.2) is 0 Å². The summed E-state index contributed by atoms with van der Waals surface area (Å²) in [5.41, 5.74) is -0.741. The summed E-state index contributed by atoms with van der Waals surface area (Å²) >= 11 is 1.88. The van der Waals surface area contributed by atoms with Gasteiger partial charge in [-0.3, -0.25) is 9.59 Å². The van der Waals surface area contributed by atoms with Gasteiger partial charge in [0.1, 0.15) is 11.6 Å². The molecule has 2 amide bonds. The Morgan fingerprint density at radius 3 is 2.50 bits per heavy atom. The van der Waals surface area contributed by atoms with Crippen LogP contribution in [0.5, 0.6) is 0 Å². The minimum absolute atomic E-state index is 0.00792. The molecule has 0 aromatic carbocycles. The van der Waals surface area contributed by atoms with Gasteiger partial charge >= 0.3 is 0 Å². The van der Waals surface area contributed by atoms with Gasteiger partial charge in [0.25, 0.3) is 0 Å². The number of carbonyl (C=O) groups is 2. The Hall–Kier alpha value is -0.710. The summed E-state index contributed by atoms with van der Waals surface area (Å²) in [6.45, 7) is 9.94. The number of hydrogen-bond donors (Lipinski definition) is 1. The Kier molecular flexibility index (Phi) is 6.37. The molecule has 3 unspecified atom stereocenters. The molecule has 0 radical (unpaired) electrons. The van der Waals surface area contributed by atoms with E-state index in [2.05, 4.69) is 19.2 Å². The fraction of sp³-hybridized carbons (Fsp3) is 0.867. The summed E-state index contributed by atoms with van der Waals surface area (Å²) < 4.78 is 0. The quantitative estimate of drug-likeness (QED) is 0.735. The molecule has 0 aliphatic carbocycles. The Balaban J connectivity index is 2.90. The van der Waals surface area contributed by atoms with Crippen LogP contribution in [0.3, 0.4) is 0 Å². The first-order valence-electron chi connectivity index (χ1n) is 7.63. The van der Waals surface area contributed by atoms with Gasteiger partial charge in [0.05, 0.1) is 0 Å². The Labute approximate surface area is 127 Å². The third-order valence-corrected chi connectivity index (χ3v) is 5.13. The van der Waals surface area contributed by atoms with E-state index in [-0.39, 0.29) is 23.9 Å². The number of carbonyl (C=O) groups excluding carboxylic acids is 2. The molecule has 1 heterocycles. The van der Waals surface area contributed by atoms with E-state index in [9.17, 15) is 9.59 Å². The maximum Gasteiger partial charge on any atom is 0.248 e. The van der Waals surface area contributed by atoms with Gasteiger partial charge in [-0.2, -0.15) is 11.8 Å². The molecule has 3 atom stereocenters. The van der Waals surface area contributed by atoms with Crippen molar-refractivity contribution in [3.63, 3.8) is 0 Å². The molecule has 20 heavy (non-hydrogen) atoms. The lowest BCUT2D eigenvalue weighted by molar-refractivity contribution is -0.157. The average Bonchev–Trinajstić information content (AvgIpc) is 2.42. The molecular weight excluding hydrogens is 272 g/mol. The highest BCUT2D eigenvalue weighted by Gasteiger charge is 2.47. The number of piperazine rings is 1. The smallest absolute Gasteiger partial charge is 0.248 e. The minimum atomic E-state index is -0.741. The number of thioether (sulfide) groups is 1. The molecule has 1 saturated heterocycles. The lowest BCUT2D eigenvalue weighted by atomic mass is 9.89. The van der Waals surface area contributed by atoms with Crippen LogP contribution < -0.4 is 5.32 Å². The summed E-state index contributed by atoms with van der Waals surface area (Å²) in [7, 11) is 0. The van der Waals surface area contributed by atoms with Crippen molar-refractivity contribution in [3.8, 4) is 0 Å². The molecule has 1 fully saturated rings. The van der Waals surface area contributed by atoms with E-state index in [1.165, 1.54) is 0 Å². The van der Waals surface area contributed by atoms with Crippen molar-refractivity contribution in [1.82, 2.24) is 10.2 Å². The molecule has 0 aromatic heterocycles. The van der Waals surface area contributed by atoms with E-state index in [4.69, 9.17) is 0 Å². The molecule has 4 nitrogen and oxygen atoms in total. The second kappa shape index (κ2) is 7.34. The fourth-order valence-corrected chi connectivity index (χ4v) is 3.42. The fourth-order valence-electron chi connectivity index (χ4n) is 2.63. The van der Waals surface area contributed by atoms with E-state index in [0.717, 1.165) is 17.9 Å². The van der Waals surface area contributed by atoms with Crippen molar-refractivity contribution in [3.05, 3.63) is 0 Å². The highest BCUT2D eigenvalue weighted by Crippen LogP contribution is 2.26. The number of hydrogen-bond acceptors (Lipinski definition) is 3. The average molecular weight is 300 g/mol. The maximum absolute atomic E-state index is 12.8. The van der Waals surface area contributed by atoms with Gasteiger partial charge in [-0.15, -0.1) is 0 Å². The van der Waals surface area contributed by atoms with Crippen LogP contribution in [-0.2, 0) is 9.59 Å². The van der Waals surface area contributed by atoms with E-state index < -0.39 is 5.54 Å². The molecule has 1 aliphatic heterocycles. The lowest BCUT2D eigenvalue weighted by Gasteiger charge is -2.46. The zero-order valence-corrected chi connectivity index (χ0v) is 14.2. The van der Waals surface area contributed by atoms with Gasteiger partial charge < -0.3 is 10.2 Å². The van der Waals surface area contributed by atoms with Crippen LogP contribution in [0.4, 0.5) is 0 Å². The topological polar surface area (TPSA) is 49.4 Å². The summed E-state index contributed by atoms with van der Waals surface area (Å²) in [5.74, 6) is 2.18.